The molecule has 0 bridgehead atoms. The molecule has 0 unspecified atom stereocenters. The molecule has 1 saturated heterocycles. The van der Waals surface area contributed by atoms with Crippen LogP contribution in [0.1, 0.15) is 17.5 Å². The highest BCUT2D eigenvalue weighted by Crippen LogP contribution is 2.39. The highest BCUT2D eigenvalue weighted by molar-refractivity contribution is 6.11. The van der Waals surface area contributed by atoms with Gasteiger partial charge in [0, 0.05) is 17.8 Å². The second-order valence-electron chi connectivity index (χ2n) is 5.20. The summed E-state index contributed by atoms with van der Waals surface area (Å²) in [5, 5.41) is 2.39. The number of amides is 2. The first-order chi connectivity index (χ1) is 10.0. The van der Waals surface area contributed by atoms with Crippen LogP contribution in [0.25, 0.3) is 0 Å². The highest BCUT2D eigenvalue weighted by Gasteiger charge is 2.49. The molecule has 2 aromatic rings. The van der Waals surface area contributed by atoms with Crippen LogP contribution in [0.15, 0.2) is 48.5 Å². The molecular weight excluding hydrogens is 266 g/mol. The van der Waals surface area contributed by atoms with E-state index in [1.54, 1.807) is 48.5 Å². The van der Waals surface area contributed by atoms with Gasteiger partial charge in [-0.05, 0) is 35.4 Å². The van der Waals surface area contributed by atoms with E-state index in [0.29, 0.717) is 11.4 Å². The molecular formula is C16H15N3O2. The number of rotatable bonds is 2. The molecule has 1 aliphatic heterocycles. The van der Waals surface area contributed by atoms with Gasteiger partial charge in [-0.1, -0.05) is 24.3 Å². The molecule has 1 aliphatic rings. The first-order valence-electron chi connectivity index (χ1n) is 6.59. The van der Waals surface area contributed by atoms with Gasteiger partial charge < -0.3 is 11.5 Å². The number of nitrogen functional groups attached to an aromatic ring is 2. The minimum absolute atomic E-state index is 0.0830. The van der Waals surface area contributed by atoms with E-state index in [-0.39, 0.29) is 18.2 Å². The fraction of sp³-hybridized carbons (Fsp3) is 0.125. The minimum Gasteiger partial charge on any atom is -0.399 e. The van der Waals surface area contributed by atoms with Gasteiger partial charge in [-0.3, -0.25) is 14.9 Å². The van der Waals surface area contributed by atoms with E-state index in [4.69, 9.17) is 11.5 Å². The van der Waals surface area contributed by atoms with Crippen LogP contribution >= 0.6 is 0 Å². The van der Waals surface area contributed by atoms with E-state index in [1.807, 2.05) is 0 Å². The Morgan fingerprint density at radius 1 is 0.810 bits per heavy atom. The fourth-order valence-electron chi connectivity index (χ4n) is 2.77. The highest BCUT2D eigenvalue weighted by atomic mass is 16.2. The number of carbonyl (C=O) groups is 2. The Balaban J connectivity index is 2.20. The Hall–Kier alpha value is -2.82. The number of imide groups is 1. The Morgan fingerprint density at radius 3 is 1.57 bits per heavy atom. The molecule has 1 heterocycles. The van der Waals surface area contributed by atoms with Crippen molar-refractivity contribution in [2.75, 3.05) is 11.5 Å². The Bertz CT molecular complexity index is 660. The molecule has 2 amide bonds. The zero-order valence-electron chi connectivity index (χ0n) is 11.3. The summed E-state index contributed by atoms with van der Waals surface area (Å²) in [5.74, 6) is -0.601. The first-order valence-corrected chi connectivity index (χ1v) is 6.59. The van der Waals surface area contributed by atoms with Crippen molar-refractivity contribution in [1.29, 1.82) is 0 Å². The minimum atomic E-state index is -1.02. The number of nitrogens with two attached hydrogens (primary N) is 2. The smallest absolute Gasteiger partial charge is 0.242 e. The molecule has 0 aromatic heterocycles. The van der Waals surface area contributed by atoms with Crippen molar-refractivity contribution in [3.05, 3.63) is 59.7 Å². The topological polar surface area (TPSA) is 98.2 Å². The van der Waals surface area contributed by atoms with Gasteiger partial charge in [0.1, 0.15) is 5.41 Å². The summed E-state index contributed by atoms with van der Waals surface area (Å²) in [6.45, 7) is 0. The van der Waals surface area contributed by atoms with Gasteiger partial charge in [0.05, 0.1) is 0 Å². The van der Waals surface area contributed by atoms with Crippen LogP contribution < -0.4 is 16.8 Å². The number of carbonyl (C=O) groups excluding carboxylic acids is 2. The van der Waals surface area contributed by atoms with E-state index in [2.05, 4.69) is 5.32 Å². The van der Waals surface area contributed by atoms with Crippen LogP contribution in [-0.4, -0.2) is 11.8 Å². The second-order valence-corrected chi connectivity index (χ2v) is 5.20. The number of nitrogens with one attached hydrogen (secondary N) is 1. The van der Waals surface area contributed by atoms with Gasteiger partial charge in [0.25, 0.3) is 0 Å². The van der Waals surface area contributed by atoms with Gasteiger partial charge in [-0.15, -0.1) is 0 Å². The van der Waals surface area contributed by atoms with Crippen LogP contribution in [-0.2, 0) is 15.0 Å². The van der Waals surface area contributed by atoms with Gasteiger partial charge >= 0.3 is 0 Å². The zero-order chi connectivity index (χ0) is 15.0. The normalized spacial score (nSPS) is 16.8. The first kappa shape index (κ1) is 13.2. The molecule has 5 nitrogen and oxygen atoms in total. The molecule has 2 aromatic carbocycles. The molecule has 0 radical (unpaired) electrons. The van der Waals surface area contributed by atoms with Crippen molar-refractivity contribution in [2.24, 2.45) is 0 Å². The SMILES string of the molecule is Nc1ccc(C2(c3ccc(N)cc3)CC(=O)NC2=O)cc1. The van der Waals surface area contributed by atoms with Crippen LogP contribution in [0.4, 0.5) is 11.4 Å². The van der Waals surface area contributed by atoms with E-state index in [0.717, 1.165) is 11.1 Å². The summed E-state index contributed by atoms with van der Waals surface area (Å²) in [6.07, 6.45) is 0.0830. The third-order valence-electron chi connectivity index (χ3n) is 3.87. The van der Waals surface area contributed by atoms with Crippen LogP contribution in [0.5, 0.6) is 0 Å². The molecule has 0 atom stereocenters. The average molecular weight is 281 g/mol. The lowest BCUT2D eigenvalue weighted by atomic mass is 9.73. The maximum atomic E-state index is 12.5. The maximum Gasteiger partial charge on any atom is 0.242 e. The Labute approximate surface area is 121 Å². The largest absolute Gasteiger partial charge is 0.399 e. The van der Waals surface area contributed by atoms with Crippen molar-refractivity contribution in [3.63, 3.8) is 0 Å². The molecule has 0 saturated carbocycles. The lowest BCUT2D eigenvalue weighted by molar-refractivity contribution is -0.125. The Morgan fingerprint density at radius 2 is 1.24 bits per heavy atom. The van der Waals surface area contributed by atoms with Gasteiger partial charge in [-0.25, -0.2) is 0 Å². The van der Waals surface area contributed by atoms with Crippen molar-refractivity contribution in [2.45, 2.75) is 11.8 Å². The monoisotopic (exact) mass is 281 g/mol. The van der Waals surface area contributed by atoms with Crippen molar-refractivity contribution < 1.29 is 9.59 Å². The second kappa shape index (κ2) is 4.63. The number of anilines is 2. The van der Waals surface area contributed by atoms with Crippen LogP contribution in [0, 0.1) is 0 Å². The molecule has 1 fully saturated rings. The maximum absolute atomic E-state index is 12.5. The molecule has 21 heavy (non-hydrogen) atoms. The van der Waals surface area contributed by atoms with Gasteiger partial charge in [0.2, 0.25) is 11.8 Å². The number of hydrogen-bond acceptors (Lipinski definition) is 4. The summed E-state index contributed by atoms with van der Waals surface area (Å²) in [7, 11) is 0. The summed E-state index contributed by atoms with van der Waals surface area (Å²) >= 11 is 0. The summed E-state index contributed by atoms with van der Waals surface area (Å²) in [4.78, 5) is 24.3. The molecule has 5 heteroatoms. The van der Waals surface area contributed by atoms with E-state index < -0.39 is 5.41 Å². The third kappa shape index (κ3) is 2.03. The lowest BCUT2D eigenvalue weighted by Crippen LogP contribution is -2.36. The predicted molar refractivity (Wildman–Crippen MR) is 80.3 cm³/mol. The van der Waals surface area contributed by atoms with Crippen molar-refractivity contribution in [1.82, 2.24) is 5.32 Å². The van der Waals surface area contributed by atoms with Crippen molar-refractivity contribution >= 4 is 23.2 Å². The van der Waals surface area contributed by atoms with Crippen LogP contribution in [0.2, 0.25) is 0 Å². The standard InChI is InChI=1S/C16H15N3O2/c17-12-5-1-10(2-6-12)16(9-14(20)19-15(16)21)11-3-7-13(18)8-4-11/h1-8H,9,17-18H2,(H,19,20,21). The number of benzene rings is 2. The molecule has 3 rings (SSSR count). The van der Waals surface area contributed by atoms with Crippen molar-refractivity contribution in [3.8, 4) is 0 Å². The van der Waals surface area contributed by atoms with Gasteiger partial charge in [0.15, 0.2) is 0 Å². The number of hydrogen-bond donors (Lipinski definition) is 3. The third-order valence-corrected chi connectivity index (χ3v) is 3.87. The van der Waals surface area contributed by atoms with Crippen LogP contribution in [0.3, 0.4) is 0 Å². The average Bonchev–Trinajstić information content (AvgIpc) is 2.76. The summed E-state index contributed by atoms with van der Waals surface area (Å²) in [5.41, 5.74) is 13.1. The summed E-state index contributed by atoms with van der Waals surface area (Å²) < 4.78 is 0. The fourth-order valence-corrected chi connectivity index (χ4v) is 2.77. The molecule has 5 N–H and O–H groups in total. The molecule has 0 aliphatic carbocycles. The predicted octanol–water partition coefficient (Wildman–Crippen LogP) is 1.18. The van der Waals surface area contributed by atoms with Gasteiger partial charge in [-0.2, -0.15) is 0 Å². The van der Waals surface area contributed by atoms with E-state index >= 15 is 0 Å². The zero-order valence-corrected chi connectivity index (χ0v) is 11.3. The lowest BCUT2D eigenvalue weighted by Gasteiger charge is -2.26. The Kier molecular flexibility index (Phi) is 2.90. The van der Waals surface area contributed by atoms with E-state index in [9.17, 15) is 9.59 Å². The summed E-state index contributed by atoms with van der Waals surface area (Å²) in [6, 6.07) is 14.0. The molecule has 106 valence electrons. The van der Waals surface area contributed by atoms with E-state index in [1.165, 1.54) is 0 Å². The quantitative estimate of drug-likeness (QED) is 0.568. The molecule has 0 spiro atoms.